The molecule has 2 atom stereocenters. The topological polar surface area (TPSA) is 58.2 Å². The van der Waals surface area contributed by atoms with Crippen LogP contribution in [0.1, 0.15) is 55.5 Å². The number of carbonyl (C=O) groups is 2. The van der Waals surface area contributed by atoms with E-state index in [1.165, 1.54) is 0 Å². The number of allylic oxidation sites excluding steroid dienone is 2. The van der Waals surface area contributed by atoms with E-state index >= 15 is 0 Å². The van der Waals surface area contributed by atoms with Gasteiger partial charge in [0.05, 0.1) is 0 Å². The summed E-state index contributed by atoms with van der Waals surface area (Å²) in [4.78, 5) is 24.1. The highest BCUT2D eigenvalue weighted by Crippen LogP contribution is 2.20. The van der Waals surface area contributed by atoms with Gasteiger partial charge in [0.25, 0.3) is 5.91 Å². The summed E-state index contributed by atoms with van der Waals surface area (Å²) < 4.78 is 0. The van der Waals surface area contributed by atoms with Gasteiger partial charge >= 0.3 is 0 Å². The molecule has 0 bridgehead atoms. The van der Waals surface area contributed by atoms with Gasteiger partial charge in [-0.2, -0.15) is 0 Å². The molecular weight excluding hydrogens is 288 g/mol. The number of hydrogen-bond donors (Lipinski definition) is 2. The number of nitrogens with one attached hydrogen (secondary N) is 2. The van der Waals surface area contributed by atoms with Gasteiger partial charge in [0.15, 0.2) is 0 Å². The largest absolute Gasteiger partial charge is 0.352 e. The molecule has 0 heterocycles. The molecule has 1 aromatic carbocycles. The van der Waals surface area contributed by atoms with Crippen LogP contribution in [0, 0.1) is 5.92 Å². The first-order chi connectivity index (χ1) is 11.1. The van der Waals surface area contributed by atoms with Crippen molar-refractivity contribution in [1.29, 1.82) is 0 Å². The summed E-state index contributed by atoms with van der Waals surface area (Å²) in [6.07, 6.45) is 7.85. The number of hydrogen-bond acceptors (Lipinski definition) is 2. The highest BCUT2D eigenvalue weighted by molar-refractivity contribution is 5.94. The van der Waals surface area contributed by atoms with Gasteiger partial charge in [0.2, 0.25) is 5.91 Å². The zero-order chi connectivity index (χ0) is 16.7. The number of amides is 2. The minimum absolute atomic E-state index is 0.0657. The molecular formula is C19H26N2O2. The molecule has 124 valence electrons. The van der Waals surface area contributed by atoms with Gasteiger partial charge in [-0.3, -0.25) is 9.59 Å². The van der Waals surface area contributed by atoms with Crippen molar-refractivity contribution in [3.05, 3.63) is 47.5 Å². The molecule has 1 aromatic rings. The maximum atomic E-state index is 12.1. The second-order valence-electron chi connectivity index (χ2n) is 6.23. The van der Waals surface area contributed by atoms with Gasteiger partial charge in [0.1, 0.15) is 0 Å². The van der Waals surface area contributed by atoms with Gasteiger partial charge in [-0.1, -0.05) is 31.2 Å². The van der Waals surface area contributed by atoms with Crippen molar-refractivity contribution in [3.8, 4) is 0 Å². The van der Waals surface area contributed by atoms with Gasteiger partial charge in [-0.15, -0.1) is 0 Å². The van der Waals surface area contributed by atoms with E-state index in [4.69, 9.17) is 0 Å². The third-order valence-corrected chi connectivity index (χ3v) is 4.23. The fourth-order valence-corrected chi connectivity index (χ4v) is 2.61. The van der Waals surface area contributed by atoms with Crippen molar-refractivity contribution in [2.24, 2.45) is 5.92 Å². The van der Waals surface area contributed by atoms with Crippen LogP contribution >= 0.6 is 0 Å². The Labute approximate surface area is 138 Å². The summed E-state index contributed by atoms with van der Waals surface area (Å²) in [5.41, 5.74) is 1.58. The normalized spacial score (nSPS) is 17.7. The predicted molar refractivity (Wildman–Crippen MR) is 92.0 cm³/mol. The summed E-state index contributed by atoms with van der Waals surface area (Å²) in [7, 11) is 0. The average Bonchev–Trinajstić information content (AvgIpc) is 3.06. The average molecular weight is 314 g/mol. The Balaban J connectivity index is 1.85. The molecule has 0 saturated heterocycles. The molecule has 2 rings (SSSR count). The Bertz CT molecular complexity index is 580. The molecule has 4 heteroatoms. The minimum Gasteiger partial charge on any atom is -0.352 e. The minimum atomic E-state index is -0.0661. The van der Waals surface area contributed by atoms with Gasteiger partial charge in [-0.25, -0.2) is 0 Å². The van der Waals surface area contributed by atoms with E-state index in [1.807, 2.05) is 32.0 Å². The quantitative estimate of drug-likeness (QED) is 0.759. The van der Waals surface area contributed by atoms with Crippen LogP contribution in [0.15, 0.2) is 36.4 Å². The van der Waals surface area contributed by atoms with Crippen molar-refractivity contribution < 1.29 is 9.59 Å². The van der Waals surface area contributed by atoms with Crippen LogP contribution in [0.25, 0.3) is 0 Å². The maximum absolute atomic E-state index is 12.1. The SMILES string of the molecule is CC[C@@H](C)NC(=O)c1cccc(CNC(=O)C[C@@H]2C=CCC2)c1. The summed E-state index contributed by atoms with van der Waals surface area (Å²) >= 11 is 0. The van der Waals surface area contributed by atoms with Crippen molar-refractivity contribution >= 4 is 11.8 Å². The van der Waals surface area contributed by atoms with E-state index in [-0.39, 0.29) is 17.9 Å². The van der Waals surface area contributed by atoms with E-state index < -0.39 is 0 Å². The summed E-state index contributed by atoms with van der Waals surface area (Å²) in [5, 5.41) is 5.89. The van der Waals surface area contributed by atoms with Crippen LogP contribution in [0.3, 0.4) is 0 Å². The lowest BCUT2D eigenvalue weighted by Gasteiger charge is -2.12. The Kier molecular flexibility index (Phi) is 6.39. The molecule has 1 aliphatic carbocycles. The Morgan fingerprint density at radius 3 is 2.87 bits per heavy atom. The Morgan fingerprint density at radius 1 is 1.35 bits per heavy atom. The Hall–Kier alpha value is -2.10. The lowest BCUT2D eigenvalue weighted by Crippen LogP contribution is -2.32. The molecule has 2 amide bonds. The fraction of sp³-hybridized carbons (Fsp3) is 0.474. The highest BCUT2D eigenvalue weighted by Gasteiger charge is 2.14. The second-order valence-corrected chi connectivity index (χ2v) is 6.23. The molecule has 0 radical (unpaired) electrons. The first-order valence-electron chi connectivity index (χ1n) is 8.41. The second kappa shape index (κ2) is 8.51. The molecule has 0 aromatic heterocycles. The molecule has 0 saturated carbocycles. The first kappa shape index (κ1) is 17.3. The van der Waals surface area contributed by atoms with Crippen LogP contribution in [0.2, 0.25) is 0 Å². The number of rotatable bonds is 7. The molecule has 4 nitrogen and oxygen atoms in total. The van der Waals surface area contributed by atoms with Crippen LogP contribution in [0.4, 0.5) is 0 Å². The summed E-state index contributed by atoms with van der Waals surface area (Å²) in [6, 6.07) is 7.58. The zero-order valence-corrected chi connectivity index (χ0v) is 14.0. The van der Waals surface area contributed by atoms with Crippen LogP contribution in [0.5, 0.6) is 0 Å². The van der Waals surface area contributed by atoms with Crippen molar-refractivity contribution in [2.75, 3.05) is 0 Å². The number of carbonyl (C=O) groups excluding carboxylic acids is 2. The van der Waals surface area contributed by atoms with Crippen molar-refractivity contribution in [2.45, 2.75) is 52.1 Å². The standard InChI is InChI=1S/C19H26N2O2/c1-3-14(2)21-19(23)17-10-6-9-16(11-17)13-20-18(22)12-15-7-4-5-8-15/h4,6-7,9-11,14-15H,3,5,8,12-13H2,1-2H3,(H,20,22)(H,21,23)/t14-,15-/m1/s1. The predicted octanol–water partition coefficient (Wildman–Crippen LogP) is 3.19. The smallest absolute Gasteiger partial charge is 0.251 e. The van der Waals surface area contributed by atoms with Crippen LogP contribution in [-0.4, -0.2) is 17.9 Å². The van der Waals surface area contributed by atoms with Gasteiger partial charge in [0, 0.05) is 24.6 Å². The van der Waals surface area contributed by atoms with Crippen LogP contribution < -0.4 is 10.6 Å². The van der Waals surface area contributed by atoms with E-state index in [0.717, 1.165) is 24.8 Å². The molecule has 1 aliphatic rings. The molecule has 0 unspecified atom stereocenters. The zero-order valence-electron chi connectivity index (χ0n) is 14.0. The molecule has 23 heavy (non-hydrogen) atoms. The van der Waals surface area contributed by atoms with E-state index in [9.17, 15) is 9.59 Å². The van der Waals surface area contributed by atoms with Gasteiger partial charge in [-0.05, 0) is 49.8 Å². The highest BCUT2D eigenvalue weighted by atomic mass is 16.2. The molecule has 0 spiro atoms. The van der Waals surface area contributed by atoms with E-state index in [2.05, 4.69) is 22.8 Å². The maximum Gasteiger partial charge on any atom is 0.251 e. The fourth-order valence-electron chi connectivity index (χ4n) is 2.61. The lowest BCUT2D eigenvalue weighted by molar-refractivity contribution is -0.121. The monoisotopic (exact) mass is 314 g/mol. The van der Waals surface area contributed by atoms with Gasteiger partial charge < -0.3 is 10.6 Å². The van der Waals surface area contributed by atoms with Crippen molar-refractivity contribution in [1.82, 2.24) is 10.6 Å². The van der Waals surface area contributed by atoms with Crippen LogP contribution in [-0.2, 0) is 11.3 Å². The Morgan fingerprint density at radius 2 is 2.17 bits per heavy atom. The molecule has 0 aliphatic heterocycles. The van der Waals surface area contributed by atoms with E-state index in [1.54, 1.807) is 6.07 Å². The number of benzene rings is 1. The van der Waals surface area contributed by atoms with E-state index in [0.29, 0.717) is 24.4 Å². The molecule has 2 N–H and O–H groups in total. The first-order valence-corrected chi connectivity index (χ1v) is 8.41. The lowest BCUT2D eigenvalue weighted by atomic mass is 10.0. The molecule has 0 fully saturated rings. The van der Waals surface area contributed by atoms with Crippen molar-refractivity contribution in [3.63, 3.8) is 0 Å². The summed E-state index contributed by atoms with van der Waals surface area (Å²) in [6.45, 7) is 4.48. The third kappa shape index (κ3) is 5.55. The summed E-state index contributed by atoms with van der Waals surface area (Å²) in [5.74, 6) is 0.377. The third-order valence-electron chi connectivity index (χ3n) is 4.23.